The van der Waals surface area contributed by atoms with Crippen LogP contribution in [0.4, 0.5) is 11.6 Å². The Morgan fingerprint density at radius 2 is 1.95 bits per heavy atom. The summed E-state index contributed by atoms with van der Waals surface area (Å²) in [5.41, 5.74) is 5.82. The summed E-state index contributed by atoms with van der Waals surface area (Å²) >= 11 is 0. The Labute approximate surface area is 112 Å². The van der Waals surface area contributed by atoms with E-state index < -0.39 is 12.0 Å². The number of aliphatic hydroxyl groups excluding tert-OH is 1. The van der Waals surface area contributed by atoms with Crippen molar-refractivity contribution in [2.45, 2.75) is 32.8 Å². The summed E-state index contributed by atoms with van der Waals surface area (Å²) in [4.78, 5) is 19.6. The first kappa shape index (κ1) is 15.2. The van der Waals surface area contributed by atoms with Crippen molar-refractivity contribution in [3.05, 3.63) is 11.4 Å². The second-order valence-corrected chi connectivity index (χ2v) is 4.61. The first-order valence-electron chi connectivity index (χ1n) is 6.14. The van der Waals surface area contributed by atoms with E-state index in [9.17, 15) is 9.90 Å². The number of carbonyl (C=O) groups is 1. The van der Waals surface area contributed by atoms with Crippen LogP contribution in [0.15, 0.2) is 0 Å². The molecular formula is C12H21N5O2. The van der Waals surface area contributed by atoms with Gasteiger partial charge in [0.15, 0.2) is 0 Å². The number of nitrogens with two attached hydrogens (primary N) is 1. The van der Waals surface area contributed by atoms with Gasteiger partial charge in [-0.15, -0.1) is 0 Å². The van der Waals surface area contributed by atoms with Gasteiger partial charge in [-0.3, -0.25) is 4.79 Å². The van der Waals surface area contributed by atoms with Crippen LogP contribution in [0.25, 0.3) is 0 Å². The molecule has 19 heavy (non-hydrogen) atoms. The molecule has 1 atom stereocenters. The average Bonchev–Trinajstić information content (AvgIpc) is 2.36. The van der Waals surface area contributed by atoms with Crippen molar-refractivity contribution >= 4 is 17.5 Å². The van der Waals surface area contributed by atoms with Gasteiger partial charge in [0, 0.05) is 18.5 Å². The first-order chi connectivity index (χ1) is 8.86. The van der Waals surface area contributed by atoms with Gasteiger partial charge >= 0.3 is 0 Å². The van der Waals surface area contributed by atoms with E-state index >= 15 is 0 Å². The number of nitrogens with one attached hydrogen (secondary N) is 2. The van der Waals surface area contributed by atoms with Crippen LogP contribution >= 0.6 is 0 Å². The van der Waals surface area contributed by atoms with Crippen molar-refractivity contribution in [3.8, 4) is 0 Å². The maximum atomic E-state index is 10.8. The molecule has 0 bridgehead atoms. The van der Waals surface area contributed by atoms with Crippen LogP contribution in [0.3, 0.4) is 0 Å². The van der Waals surface area contributed by atoms with Gasteiger partial charge in [0.25, 0.3) is 0 Å². The van der Waals surface area contributed by atoms with E-state index in [0.717, 1.165) is 11.4 Å². The standard InChI is InChI=1S/C12H21N5O2/c1-6(2)10-16-11(14-4)7(3)12(17-10)15-5-8(18)9(13)19/h6,8,18H,5H2,1-4H3,(H2,13,19)(H2,14,15,16,17). The van der Waals surface area contributed by atoms with Gasteiger partial charge < -0.3 is 21.5 Å². The Balaban J connectivity index is 2.98. The quantitative estimate of drug-likeness (QED) is 0.586. The van der Waals surface area contributed by atoms with Crippen LogP contribution in [0.5, 0.6) is 0 Å². The van der Waals surface area contributed by atoms with E-state index in [0.29, 0.717) is 11.6 Å². The molecule has 0 aliphatic heterocycles. The van der Waals surface area contributed by atoms with Gasteiger partial charge in [-0.2, -0.15) is 0 Å². The Morgan fingerprint density at radius 1 is 1.37 bits per heavy atom. The minimum Gasteiger partial charge on any atom is -0.381 e. The third-order valence-corrected chi connectivity index (χ3v) is 2.71. The highest BCUT2D eigenvalue weighted by Gasteiger charge is 2.15. The van der Waals surface area contributed by atoms with E-state index in [1.807, 2.05) is 20.8 Å². The summed E-state index contributed by atoms with van der Waals surface area (Å²) in [7, 11) is 1.78. The lowest BCUT2D eigenvalue weighted by atomic mass is 10.2. The lowest BCUT2D eigenvalue weighted by Gasteiger charge is -2.16. The fourth-order valence-electron chi connectivity index (χ4n) is 1.50. The molecule has 0 aliphatic rings. The van der Waals surface area contributed by atoms with E-state index in [-0.39, 0.29) is 12.5 Å². The molecule has 7 heteroatoms. The number of hydrogen-bond donors (Lipinski definition) is 4. The number of rotatable bonds is 6. The van der Waals surface area contributed by atoms with Gasteiger partial charge in [-0.25, -0.2) is 9.97 Å². The number of amides is 1. The van der Waals surface area contributed by atoms with Gasteiger partial charge in [-0.05, 0) is 6.92 Å². The fourth-order valence-corrected chi connectivity index (χ4v) is 1.50. The molecule has 5 N–H and O–H groups in total. The highest BCUT2D eigenvalue weighted by Crippen LogP contribution is 2.22. The molecule has 7 nitrogen and oxygen atoms in total. The number of anilines is 2. The van der Waals surface area contributed by atoms with Crippen LogP contribution in [0.2, 0.25) is 0 Å². The molecule has 1 unspecified atom stereocenters. The molecular weight excluding hydrogens is 246 g/mol. The highest BCUT2D eigenvalue weighted by molar-refractivity contribution is 5.79. The monoisotopic (exact) mass is 267 g/mol. The van der Waals surface area contributed by atoms with Crippen molar-refractivity contribution in [2.75, 3.05) is 24.2 Å². The molecule has 1 amide bonds. The van der Waals surface area contributed by atoms with Crippen molar-refractivity contribution in [1.29, 1.82) is 0 Å². The normalized spacial score (nSPS) is 12.3. The predicted octanol–water partition coefficient (Wildman–Crippen LogP) is 0.208. The van der Waals surface area contributed by atoms with Crippen molar-refractivity contribution < 1.29 is 9.90 Å². The van der Waals surface area contributed by atoms with E-state index in [1.165, 1.54) is 0 Å². The Kier molecular flexibility index (Phi) is 5.05. The number of hydrogen-bond acceptors (Lipinski definition) is 6. The van der Waals surface area contributed by atoms with Crippen LogP contribution in [-0.2, 0) is 4.79 Å². The maximum Gasteiger partial charge on any atom is 0.248 e. The van der Waals surface area contributed by atoms with Crippen LogP contribution in [0, 0.1) is 6.92 Å². The summed E-state index contributed by atoms with van der Waals surface area (Å²) in [6, 6.07) is 0. The topological polar surface area (TPSA) is 113 Å². The highest BCUT2D eigenvalue weighted by atomic mass is 16.3. The van der Waals surface area contributed by atoms with Crippen LogP contribution in [-0.4, -0.2) is 40.7 Å². The Morgan fingerprint density at radius 3 is 2.42 bits per heavy atom. The van der Waals surface area contributed by atoms with Gasteiger partial charge in [-0.1, -0.05) is 13.8 Å². The molecule has 1 heterocycles. The van der Waals surface area contributed by atoms with Crippen molar-refractivity contribution in [2.24, 2.45) is 5.73 Å². The average molecular weight is 267 g/mol. The molecule has 0 fully saturated rings. The van der Waals surface area contributed by atoms with Gasteiger partial charge in [0.1, 0.15) is 23.6 Å². The van der Waals surface area contributed by atoms with E-state index in [4.69, 9.17) is 5.73 Å². The van der Waals surface area contributed by atoms with Gasteiger partial charge in [0.2, 0.25) is 5.91 Å². The SMILES string of the molecule is CNc1nc(C(C)C)nc(NCC(O)C(N)=O)c1C. The molecule has 0 saturated carbocycles. The minimum atomic E-state index is -1.24. The fraction of sp³-hybridized carbons (Fsp3) is 0.583. The van der Waals surface area contributed by atoms with Gasteiger partial charge in [0.05, 0.1) is 6.54 Å². The summed E-state index contributed by atoms with van der Waals surface area (Å²) in [6.07, 6.45) is -1.24. The summed E-state index contributed by atoms with van der Waals surface area (Å²) in [5.74, 6) is 1.40. The first-order valence-corrected chi connectivity index (χ1v) is 6.14. The molecule has 1 aromatic heterocycles. The second kappa shape index (κ2) is 6.33. The van der Waals surface area contributed by atoms with Crippen molar-refractivity contribution in [3.63, 3.8) is 0 Å². The largest absolute Gasteiger partial charge is 0.381 e. The van der Waals surface area contributed by atoms with Crippen LogP contribution in [0.1, 0.15) is 31.2 Å². The smallest absolute Gasteiger partial charge is 0.248 e. The van der Waals surface area contributed by atoms with E-state index in [1.54, 1.807) is 7.05 Å². The lowest BCUT2D eigenvalue weighted by Crippen LogP contribution is -2.34. The zero-order valence-corrected chi connectivity index (χ0v) is 11.7. The Hall–Kier alpha value is -1.89. The summed E-state index contributed by atoms with van der Waals surface area (Å²) < 4.78 is 0. The molecule has 0 radical (unpaired) electrons. The predicted molar refractivity (Wildman–Crippen MR) is 74.1 cm³/mol. The maximum absolute atomic E-state index is 10.8. The molecule has 0 aliphatic carbocycles. The number of nitrogens with zero attached hydrogens (tertiary/aromatic N) is 2. The zero-order valence-electron chi connectivity index (χ0n) is 11.7. The molecule has 0 saturated heterocycles. The summed E-state index contributed by atoms with van der Waals surface area (Å²) in [6.45, 7) is 5.86. The molecule has 0 spiro atoms. The molecule has 106 valence electrons. The zero-order chi connectivity index (χ0) is 14.6. The number of aromatic nitrogens is 2. The Bertz CT molecular complexity index is 462. The minimum absolute atomic E-state index is 0.0217. The molecule has 0 aromatic carbocycles. The number of primary amides is 1. The third kappa shape index (κ3) is 3.78. The molecule has 1 aromatic rings. The number of carbonyl (C=O) groups excluding carboxylic acids is 1. The van der Waals surface area contributed by atoms with Crippen LogP contribution < -0.4 is 16.4 Å². The van der Waals surface area contributed by atoms with Crippen molar-refractivity contribution in [1.82, 2.24) is 9.97 Å². The summed E-state index contributed by atoms with van der Waals surface area (Å²) in [5, 5.41) is 15.3. The van der Waals surface area contributed by atoms with E-state index in [2.05, 4.69) is 20.6 Å². The third-order valence-electron chi connectivity index (χ3n) is 2.71. The molecule has 1 rings (SSSR count). The lowest BCUT2D eigenvalue weighted by molar-refractivity contribution is -0.125. The second-order valence-electron chi connectivity index (χ2n) is 4.61. The number of aliphatic hydroxyl groups is 1.